The molecule has 1 N–H and O–H groups in total. The number of pyridine rings is 1. The quantitative estimate of drug-likeness (QED) is 0.659. The number of hydrogen-bond donors (Lipinski definition) is 1. The van der Waals surface area contributed by atoms with Gasteiger partial charge in [0.05, 0.1) is 23.8 Å². The first-order valence-corrected chi connectivity index (χ1v) is 9.09. The summed E-state index contributed by atoms with van der Waals surface area (Å²) in [5.41, 5.74) is 0.139. The van der Waals surface area contributed by atoms with Crippen molar-refractivity contribution in [2.24, 2.45) is 7.05 Å². The smallest absolute Gasteiger partial charge is 0.417 e. The van der Waals surface area contributed by atoms with Crippen LogP contribution in [0.5, 0.6) is 11.6 Å². The summed E-state index contributed by atoms with van der Waals surface area (Å²) in [6, 6.07) is 7.93. The molecule has 3 rings (SSSR count). The zero-order valence-corrected chi connectivity index (χ0v) is 16.9. The monoisotopic (exact) mass is 422 g/mol. The number of nitrogens with zero attached hydrogens (tertiary/aromatic N) is 3. The molecule has 0 fully saturated rings. The molecule has 0 aliphatic carbocycles. The highest BCUT2D eigenvalue weighted by Gasteiger charge is 2.36. The van der Waals surface area contributed by atoms with Crippen LogP contribution in [0.2, 0.25) is 0 Å². The Morgan fingerprint density at radius 2 is 2.03 bits per heavy atom. The van der Waals surface area contributed by atoms with Gasteiger partial charge in [-0.15, -0.1) is 0 Å². The first-order chi connectivity index (χ1) is 14.1. The van der Waals surface area contributed by atoms with E-state index in [0.717, 1.165) is 11.6 Å². The van der Waals surface area contributed by atoms with Crippen molar-refractivity contribution in [2.75, 3.05) is 7.11 Å². The molecule has 1 amide bonds. The minimum Gasteiger partial charge on any atom is -0.497 e. The van der Waals surface area contributed by atoms with E-state index < -0.39 is 23.8 Å². The molecule has 160 valence electrons. The molecular weight excluding hydrogens is 401 g/mol. The number of hydrogen-bond acceptors (Lipinski definition) is 5. The van der Waals surface area contributed by atoms with Crippen molar-refractivity contribution < 1.29 is 27.4 Å². The Hall–Kier alpha value is -3.30. The van der Waals surface area contributed by atoms with Crippen molar-refractivity contribution in [3.05, 3.63) is 47.2 Å². The molecule has 7 nitrogen and oxygen atoms in total. The third kappa shape index (κ3) is 4.47. The van der Waals surface area contributed by atoms with Gasteiger partial charge in [0.2, 0.25) is 5.88 Å². The number of alkyl halides is 3. The van der Waals surface area contributed by atoms with E-state index in [4.69, 9.17) is 9.47 Å². The predicted octanol–water partition coefficient (Wildman–Crippen LogP) is 3.39. The Kier molecular flexibility index (Phi) is 5.86. The van der Waals surface area contributed by atoms with Gasteiger partial charge in [-0.25, -0.2) is 0 Å². The molecule has 2 aromatic heterocycles. The van der Waals surface area contributed by atoms with Gasteiger partial charge in [-0.05, 0) is 31.5 Å². The van der Waals surface area contributed by atoms with E-state index in [0.29, 0.717) is 5.75 Å². The zero-order chi connectivity index (χ0) is 22.1. The molecule has 10 heteroatoms. The number of ether oxygens (including phenoxy) is 2. The van der Waals surface area contributed by atoms with E-state index in [-0.39, 0.29) is 29.2 Å². The molecule has 0 aliphatic rings. The summed E-state index contributed by atoms with van der Waals surface area (Å²) < 4.78 is 52.4. The average molecular weight is 422 g/mol. The minimum atomic E-state index is -4.62. The Bertz CT molecular complexity index is 1080. The number of halogens is 3. The van der Waals surface area contributed by atoms with E-state index in [1.54, 1.807) is 18.2 Å². The van der Waals surface area contributed by atoms with Crippen LogP contribution in [0.4, 0.5) is 13.2 Å². The maximum absolute atomic E-state index is 13.5. The molecule has 0 aliphatic heterocycles. The van der Waals surface area contributed by atoms with Crippen molar-refractivity contribution in [3.63, 3.8) is 0 Å². The minimum absolute atomic E-state index is 0.0290. The molecule has 0 bridgehead atoms. The van der Waals surface area contributed by atoms with Gasteiger partial charge in [0.25, 0.3) is 5.91 Å². The molecule has 0 saturated heterocycles. The first-order valence-electron chi connectivity index (χ1n) is 9.09. The summed E-state index contributed by atoms with van der Waals surface area (Å²) in [5, 5.41) is 6.60. The first kappa shape index (κ1) is 21.4. The second-order valence-corrected chi connectivity index (χ2v) is 6.74. The number of carbonyl (C=O) groups excluding carboxylic acids is 1. The standard InChI is InChI=1S/C20H21F3N4O3/c1-11-17-15(20(21,22)23)9-16(25-18(17)27(3)26-11)30-12(2)19(28)24-10-13-6-5-7-14(8-13)29-4/h5-9,12H,10H2,1-4H3,(H,24,28). The summed E-state index contributed by atoms with van der Waals surface area (Å²) in [6.45, 7) is 3.13. The van der Waals surface area contributed by atoms with E-state index in [2.05, 4.69) is 15.4 Å². The molecule has 2 heterocycles. The third-order valence-electron chi connectivity index (χ3n) is 4.52. The number of aryl methyl sites for hydroxylation is 2. The fourth-order valence-electron chi connectivity index (χ4n) is 3.06. The molecule has 1 unspecified atom stereocenters. The van der Waals surface area contributed by atoms with Crippen LogP contribution in [0.25, 0.3) is 11.0 Å². The van der Waals surface area contributed by atoms with Gasteiger partial charge >= 0.3 is 6.18 Å². The highest BCUT2D eigenvalue weighted by atomic mass is 19.4. The number of benzene rings is 1. The summed E-state index contributed by atoms with van der Waals surface area (Å²) in [4.78, 5) is 16.5. The van der Waals surface area contributed by atoms with Crippen molar-refractivity contribution in [2.45, 2.75) is 32.7 Å². The summed E-state index contributed by atoms with van der Waals surface area (Å²) in [7, 11) is 3.03. The lowest BCUT2D eigenvalue weighted by molar-refractivity contribution is -0.136. The van der Waals surface area contributed by atoms with E-state index in [1.807, 2.05) is 6.07 Å². The lowest BCUT2D eigenvalue weighted by atomic mass is 10.1. The van der Waals surface area contributed by atoms with Gasteiger partial charge in [0.15, 0.2) is 11.8 Å². The third-order valence-corrected chi connectivity index (χ3v) is 4.52. The van der Waals surface area contributed by atoms with Crippen LogP contribution in [0.1, 0.15) is 23.7 Å². The molecule has 30 heavy (non-hydrogen) atoms. The summed E-state index contributed by atoms with van der Waals surface area (Å²) >= 11 is 0. The normalized spacial score (nSPS) is 12.6. The second-order valence-electron chi connectivity index (χ2n) is 6.74. The molecule has 0 saturated carbocycles. The van der Waals surface area contributed by atoms with Crippen molar-refractivity contribution >= 4 is 16.9 Å². The molecule has 1 aromatic carbocycles. The van der Waals surface area contributed by atoms with Crippen molar-refractivity contribution in [3.8, 4) is 11.6 Å². The van der Waals surface area contributed by atoms with Crippen LogP contribution >= 0.6 is 0 Å². The number of rotatable bonds is 6. The Labute approximate surface area is 170 Å². The Morgan fingerprint density at radius 3 is 2.70 bits per heavy atom. The molecular formula is C20H21F3N4O3. The van der Waals surface area contributed by atoms with Crippen LogP contribution in [0.15, 0.2) is 30.3 Å². The van der Waals surface area contributed by atoms with Gasteiger partial charge < -0.3 is 14.8 Å². The van der Waals surface area contributed by atoms with Gasteiger partial charge in [0, 0.05) is 19.7 Å². The zero-order valence-electron chi connectivity index (χ0n) is 16.9. The van der Waals surface area contributed by atoms with Crippen LogP contribution in [-0.2, 0) is 24.6 Å². The summed E-state index contributed by atoms with van der Waals surface area (Å²) in [5.74, 6) is -0.147. The van der Waals surface area contributed by atoms with Crippen LogP contribution < -0.4 is 14.8 Å². The lowest BCUT2D eigenvalue weighted by Crippen LogP contribution is -2.36. The maximum Gasteiger partial charge on any atom is 0.417 e. The summed E-state index contributed by atoms with van der Waals surface area (Å²) in [6.07, 6.45) is -5.68. The number of aromatic nitrogens is 3. The van der Waals surface area contributed by atoms with Gasteiger partial charge in [0.1, 0.15) is 5.75 Å². The highest BCUT2D eigenvalue weighted by Crippen LogP contribution is 2.37. The predicted molar refractivity (Wildman–Crippen MR) is 103 cm³/mol. The highest BCUT2D eigenvalue weighted by molar-refractivity contribution is 5.84. The molecule has 0 spiro atoms. The van der Waals surface area contributed by atoms with Crippen molar-refractivity contribution in [1.29, 1.82) is 0 Å². The number of amides is 1. The second kappa shape index (κ2) is 8.21. The topological polar surface area (TPSA) is 78.3 Å². The molecule has 1 atom stereocenters. The van der Waals surface area contributed by atoms with Gasteiger partial charge in [-0.1, -0.05) is 12.1 Å². The van der Waals surface area contributed by atoms with Crippen LogP contribution in [-0.4, -0.2) is 33.9 Å². The number of fused-ring (bicyclic) bond motifs is 1. The van der Waals surface area contributed by atoms with E-state index >= 15 is 0 Å². The lowest BCUT2D eigenvalue weighted by Gasteiger charge is -2.16. The fraction of sp³-hybridized carbons (Fsp3) is 0.350. The number of nitrogens with one attached hydrogen (secondary N) is 1. The van der Waals surface area contributed by atoms with Gasteiger partial charge in [-0.3, -0.25) is 9.48 Å². The van der Waals surface area contributed by atoms with Crippen LogP contribution in [0, 0.1) is 6.92 Å². The molecule has 0 radical (unpaired) electrons. The average Bonchev–Trinajstić information content (AvgIpc) is 2.98. The van der Waals surface area contributed by atoms with E-state index in [1.165, 1.54) is 32.7 Å². The van der Waals surface area contributed by atoms with Crippen LogP contribution in [0.3, 0.4) is 0 Å². The Balaban J connectivity index is 1.78. The number of carbonyl (C=O) groups is 1. The largest absolute Gasteiger partial charge is 0.497 e. The fourth-order valence-corrected chi connectivity index (χ4v) is 3.06. The maximum atomic E-state index is 13.5. The Morgan fingerprint density at radius 1 is 1.30 bits per heavy atom. The SMILES string of the molecule is COc1cccc(CNC(=O)C(C)Oc2cc(C(F)(F)F)c3c(C)nn(C)c3n2)c1. The number of methoxy groups -OCH3 is 1. The van der Waals surface area contributed by atoms with Gasteiger partial charge in [-0.2, -0.15) is 23.3 Å². The molecule has 3 aromatic rings. The van der Waals surface area contributed by atoms with Crippen molar-refractivity contribution in [1.82, 2.24) is 20.1 Å². The van der Waals surface area contributed by atoms with E-state index in [9.17, 15) is 18.0 Å².